The van der Waals surface area contributed by atoms with E-state index in [0.29, 0.717) is 0 Å². The van der Waals surface area contributed by atoms with Gasteiger partial charge in [0.15, 0.2) is 23.0 Å². The van der Waals surface area contributed by atoms with Crippen molar-refractivity contribution in [3.63, 3.8) is 0 Å². The molecule has 0 aliphatic carbocycles. The molecule has 0 unspecified atom stereocenters. The number of nitrogen functional groups attached to an aromatic ring is 1. The molecule has 3 N–H and O–H groups in total. The van der Waals surface area contributed by atoms with Crippen LogP contribution in [0.5, 0.6) is 5.75 Å². The lowest BCUT2D eigenvalue weighted by Crippen LogP contribution is -2.30. The van der Waals surface area contributed by atoms with Crippen LogP contribution < -0.4 is 16.0 Å². The first kappa shape index (κ1) is 13.3. The fourth-order valence-electron chi connectivity index (χ4n) is 1.33. The number of carbonyl (C=O) groups is 1. The number of nitrogens with zero attached hydrogens (tertiary/aromatic N) is 1. The maximum absolute atomic E-state index is 13.4. The molecule has 0 atom stereocenters. The summed E-state index contributed by atoms with van der Waals surface area (Å²) in [7, 11) is 0. The smallest absolute Gasteiger partial charge is 0.287 e. The predicted octanol–water partition coefficient (Wildman–Crippen LogP) is 1.65. The van der Waals surface area contributed by atoms with Gasteiger partial charge in [-0.15, -0.1) is 0 Å². The van der Waals surface area contributed by atoms with Crippen LogP contribution in [0.2, 0.25) is 5.02 Å². The zero-order chi connectivity index (χ0) is 13.8. The zero-order valence-electron chi connectivity index (χ0n) is 9.52. The Morgan fingerprint density at radius 3 is 3.05 bits per heavy atom. The summed E-state index contributed by atoms with van der Waals surface area (Å²) in [6, 6.07) is 5.50. The Morgan fingerprint density at radius 2 is 2.37 bits per heavy atom. The van der Waals surface area contributed by atoms with Gasteiger partial charge in [0, 0.05) is 6.07 Å². The molecule has 100 valence electrons. The summed E-state index contributed by atoms with van der Waals surface area (Å²) in [4.78, 5) is 11.1. The average Bonchev–Trinajstić information content (AvgIpc) is 2.86. The molecule has 1 heterocycles. The van der Waals surface area contributed by atoms with Gasteiger partial charge in [-0.3, -0.25) is 10.2 Å². The Morgan fingerprint density at radius 1 is 1.58 bits per heavy atom. The molecule has 0 aliphatic heterocycles. The van der Waals surface area contributed by atoms with E-state index in [1.54, 1.807) is 0 Å². The highest BCUT2D eigenvalue weighted by Crippen LogP contribution is 2.27. The molecule has 6 nitrogen and oxygen atoms in total. The van der Waals surface area contributed by atoms with E-state index in [2.05, 4.69) is 5.16 Å². The van der Waals surface area contributed by atoms with Crippen molar-refractivity contribution >= 4 is 17.5 Å². The van der Waals surface area contributed by atoms with Gasteiger partial charge in [-0.25, -0.2) is 10.2 Å². The lowest BCUT2D eigenvalue weighted by Gasteiger charge is -2.06. The van der Waals surface area contributed by atoms with E-state index >= 15 is 0 Å². The second kappa shape index (κ2) is 5.68. The highest BCUT2D eigenvalue weighted by molar-refractivity contribution is 6.32. The molecule has 1 aromatic heterocycles. The van der Waals surface area contributed by atoms with Crippen molar-refractivity contribution in [2.24, 2.45) is 5.84 Å². The van der Waals surface area contributed by atoms with E-state index in [-0.39, 0.29) is 28.8 Å². The molecule has 2 rings (SSSR count). The first-order chi connectivity index (χ1) is 9.11. The molecular weight excluding hydrogens is 277 g/mol. The van der Waals surface area contributed by atoms with Crippen molar-refractivity contribution in [1.82, 2.24) is 10.6 Å². The Labute approximate surface area is 112 Å². The normalized spacial score (nSPS) is 10.3. The number of hydrogen-bond acceptors (Lipinski definition) is 5. The molecule has 0 bridgehead atoms. The van der Waals surface area contributed by atoms with Gasteiger partial charge in [0.05, 0.1) is 5.02 Å². The maximum Gasteiger partial charge on any atom is 0.287 e. The van der Waals surface area contributed by atoms with E-state index in [1.165, 1.54) is 24.3 Å². The van der Waals surface area contributed by atoms with Gasteiger partial charge in [0.2, 0.25) is 0 Å². The van der Waals surface area contributed by atoms with Crippen LogP contribution in [0, 0.1) is 5.82 Å². The van der Waals surface area contributed by atoms with Crippen LogP contribution >= 0.6 is 11.6 Å². The van der Waals surface area contributed by atoms with Gasteiger partial charge in [-0.1, -0.05) is 22.8 Å². The van der Waals surface area contributed by atoms with Gasteiger partial charge in [0.25, 0.3) is 5.91 Å². The van der Waals surface area contributed by atoms with Crippen molar-refractivity contribution in [3.05, 3.63) is 46.6 Å². The molecule has 0 spiro atoms. The number of ether oxygens (including phenoxy) is 1. The van der Waals surface area contributed by atoms with Crippen molar-refractivity contribution < 1.29 is 18.4 Å². The molecule has 8 heteroatoms. The number of para-hydroxylation sites is 1. The van der Waals surface area contributed by atoms with E-state index in [1.807, 2.05) is 5.43 Å². The molecule has 0 fully saturated rings. The number of amides is 1. The summed E-state index contributed by atoms with van der Waals surface area (Å²) in [5.74, 6) is 3.89. The summed E-state index contributed by atoms with van der Waals surface area (Å²) in [5, 5.41) is 3.61. The second-order valence-electron chi connectivity index (χ2n) is 3.49. The first-order valence-corrected chi connectivity index (χ1v) is 5.53. The van der Waals surface area contributed by atoms with Gasteiger partial charge < -0.3 is 9.26 Å². The van der Waals surface area contributed by atoms with Crippen LogP contribution in [0.25, 0.3) is 0 Å². The summed E-state index contributed by atoms with van der Waals surface area (Å²) in [6.45, 7) is -0.120. The van der Waals surface area contributed by atoms with Gasteiger partial charge >= 0.3 is 0 Å². The summed E-state index contributed by atoms with van der Waals surface area (Å²) in [6.07, 6.45) is 0. The number of rotatable bonds is 4. The molecule has 0 saturated heterocycles. The molecule has 2 aromatic rings. The Bertz CT molecular complexity index is 582. The molecule has 19 heavy (non-hydrogen) atoms. The van der Waals surface area contributed by atoms with E-state index in [9.17, 15) is 9.18 Å². The summed E-state index contributed by atoms with van der Waals surface area (Å²) >= 11 is 5.78. The van der Waals surface area contributed by atoms with Crippen molar-refractivity contribution in [2.45, 2.75) is 6.61 Å². The molecule has 1 amide bonds. The number of hydrazine groups is 1. The van der Waals surface area contributed by atoms with Crippen molar-refractivity contribution in [1.29, 1.82) is 0 Å². The van der Waals surface area contributed by atoms with Crippen LogP contribution in [-0.4, -0.2) is 11.1 Å². The third-order valence-electron chi connectivity index (χ3n) is 2.20. The molecular formula is C11H9ClFN3O3. The molecule has 1 aromatic carbocycles. The topological polar surface area (TPSA) is 90.4 Å². The Balaban J connectivity index is 2.07. The van der Waals surface area contributed by atoms with Crippen molar-refractivity contribution in [3.8, 4) is 5.75 Å². The lowest BCUT2D eigenvalue weighted by molar-refractivity contribution is 0.0944. The number of benzene rings is 1. The fraction of sp³-hybridized carbons (Fsp3) is 0.0909. The van der Waals surface area contributed by atoms with Gasteiger partial charge in [-0.2, -0.15) is 0 Å². The quantitative estimate of drug-likeness (QED) is 0.506. The monoisotopic (exact) mass is 285 g/mol. The minimum absolute atomic E-state index is 0.000676. The zero-order valence-corrected chi connectivity index (χ0v) is 10.3. The molecule has 0 saturated carbocycles. The average molecular weight is 286 g/mol. The van der Waals surface area contributed by atoms with Crippen molar-refractivity contribution in [2.75, 3.05) is 0 Å². The third kappa shape index (κ3) is 3.01. The van der Waals surface area contributed by atoms with Crippen LogP contribution in [0.4, 0.5) is 4.39 Å². The third-order valence-corrected chi connectivity index (χ3v) is 2.50. The second-order valence-corrected chi connectivity index (χ2v) is 3.90. The van der Waals surface area contributed by atoms with Crippen LogP contribution in [0.15, 0.2) is 28.8 Å². The number of nitrogens with one attached hydrogen (secondary N) is 1. The van der Waals surface area contributed by atoms with E-state index in [4.69, 9.17) is 26.7 Å². The first-order valence-electron chi connectivity index (χ1n) is 5.15. The Hall–Kier alpha value is -2.12. The van der Waals surface area contributed by atoms with Crippen LogP contribution in [0.3, 0.4) is 0 Å². The van der Waals surface area contributed by atoms with Crippen LogP contribution in [-0.2, 0) is 6.61 Å². The largest absolute Gasteiger partial charge is 0.481 e. The number of halogens is 2. The highest BCUT2D eigenvalue weighted by Gasteiger charge is 2.13. The van der Waals surface area contributed by atoms with E-state index < -0.39 is 11.7 Å². The number of hydrogen-bond donors (Lipinski definition) is 2. The van der Waals surface area contributed by atoms with Gasteiger partial charge in [0.1, 0.15) is 6.61 Å². The summed E-state index contributed by atoms with van der Waals surface area (Å²) in [5.41, 5.74) is 1.90. The SMILES string of the molecule is NNC(=O)c1cc(COc2c(F)cccc2Cl)on1. The van der Waals surface area contributed by atoms with Crippen LogP contribution in [0.1, 0.15) is 16.2 Å². The molecule has 0 radical (unpaired) electrons. The van der Waals surface area contributed by atoms with Gasteiger partial charge in [-0.05, 0) is 12.1 Å². The minimum atomic E-state index is -0.598. The fourth-order valence-corrected chi connectivity index (χ4v) is 1.54. The summed E-state index contributed by atoms with van der Waals surface area (Å²) < 4.78 is 23.4. The number of carbonyl (C=O) groups excluding carboxylic acids is 1. The molecule has 0 aliphatic rings. The maximum atomic E-state index is 13.4. The standard InChI is InChI=1S/C11H9ClFN3O3/c12-7-2-1-3-8(13)10(7)18-5-6-4-9(16-19-6)11(17)15-14/h1-4H,5,14H2,(H,15,17). The van der Waals surface area contributed by atoms with E-state index in [0.717, 1.165) is 0 Å². The lowest BCUT2D eigenvalue weighted by atomic mass is 10.3. The predicted molar refractivity (Wildman–Crippen MR) is 63.9 cm³/mol. The minimum Gasteiger partial charge on any atom is -0.481 e. The number of nitrogens with two attached hydrogens (primary N) is 1. The highest BCUT2D eigenvalue weighted by atomic mass is 35.5. The number of aromatic nitrogens is 1. The Kier molecular flexibility index (Phi) is 3.98.